The molecule has 0 radical (unpaired) electrons. The number of ether oxygens (including phenoxy) is 2. The van der Waals surface area contributed by atoms with Crippen molar-refractivity contribution in [2.24, 2.45) is 0 Å². The zero-order valence-corrected chi connectivity index (χ0v) is 17.9. The molecule has 1 aromatic carbocycles. The van der Waals surface area contributed by atoms with E-state index in [9.17, 15) is 23.1 Å². The maximum atomic E-state index is 12.7. The highest BCUT2D eigenvalue weighted by Crippen LogP contribution is 2.33. The molecule has 3 aromatic rings. The minimum atomic E-state index is -4.88. The van der Waals surface area contributed by atoms with Gasteiger partial charge in [-0.15, -0.1) is 13.2 Å². The van der Waals surface area contributed by atoms with Crippen molar-refractivity contribution in [3.05, 3.63) is 42.4 Å². The number of aliphatic hydroxyl groups is 1. The Labute approximate surface area is 190 Å². The Morgan fingerprint density at radius 2 is 2.00 bits per heavy atom. The van der Waals surface area contributed by atoms with Gasteiger partial charge in [0.15, 0.2) is 0 Å². The second-order valence-corrected chi connectivity index (χ2v) is 7.36. The van der Waals surface area contributed by atoms with Gasteiger partial charge >= 0.3 is 12.5 Å². The molecule has 0 spiro atoms. The fourth-order valence-electron chi connectivity index (χ4n) is 3.25. The SMILES string of the molecule is C[C@H](Nc1nccc(N2C(=O)OC[C@@H]2[C@@H](C)O)n1)c1nc(-c2ccccc2OC(F)(F)F)no1. The number of carbonyl (C=O) groups excluding carboxylic acids is 1. The molecule has 180 valence electrons. The van der Waals surface area contributed by atoms with Gasteiger partial charge in [-0.1, -0.05) is 17.3 Å². The number of hydrogen-bond acceptors (Lipinski definition) is 10. The fraction of sp³-hybridized carbons (Fsp3) is 0.350. The molecule has 2 N–H and O–H groups in total. The molecule has 1 aliphatic heterocycles. The number of alkyl halides is 3. The highest BCUT2D eigenvalue weighted by atomic mass is 19.4. The lowest BCUT2D eigenvalue weighted by Gasteiger charge is -2.22. The average Bonchev–Trinajstić information content (AvgIpc) is 3.40. The molecule has 1 fully saturated rings. The highest BCUT2D eigenvalue weighted by molar-refractivity contribution is 5.89. The summed E-state index contributed by atoms with van der Waals surface area (Å²) in [6, 6.07) is 5.64. The monoisotopic (exact) mass is 480 g/mol. The highest BCUT2D eigenvalue weighted by Gasteiger charge is 2.38. The number of aromatic nitrogens is 4. The summed E-state index contributed by atoms with van der Waals surface area (Å²) in [7, 11) is 0. The maximum Gasteiger partial charge on any atom is 0.573 e. The zero-order chi connectivity index (χ0) is 24.5. The van der Waals surface area contributed by atoms with Gasteiger partial charge in [-0.2, -0.15) is 9.97 Å². The van der Waals surface area contributed by atoms with Crippen LogP contribution in [0.5, 0.6) is 5.75 Å². The van der Waals surface area contributed by atoms with Gasteiger partial charge in [0.25, 0.3) is 0 Å². The van der Waals surface area contributed by atoms with Crippen molar-refractivity contribution in [3.63, 3.8) is 0 Å². The van der Waals surface area contributed by atoms with Crippen LogP contribution in [0.1, 0.15) is 25.8 Å². The van der Waals surface area contributed by atoms with Crippen LogP contribution in [0.25, 0.3) is 11.4 Å². The smallest absolute Gasteiger partial charge is 0.447 e. The molecule has 0 unspecified atom stereocenters. The van der Waals surface area contributed by atoms with E-state index >= 15 is 0 Å². The summed E-state index contributed by atoms with van der Waals surface area (Å²) < 4.78 is 52.3. The number of anilines is 2. The van der Waals surface area contributed by atoms with Gasteiger partial charge in [0.2, 0.25) is 17.7 Å². The molecule has 34 heavy (non-hydrogen) atoms. The summed E-state index contributed by atoms with van der Waals surface area (Å²) in [4.78, 5) is 25.8. The Morgan fingerprint density at radius 3 is 2.74 bits per heavy atom. The lowest BCUT2D eigenvalue weighted by molar-refractivity contribution is -0.274. The van der Waals surface area contributed by atoms with Gasteiger partial charge in [-0.25, -0.2) is 9.78 Å². The van der Waals surface area contributed by atoms with Crippen LogP contribution < -0.4 is 15.0 Å². The van der Waals surface area contributed by atoms with Crippen molar-refractivity contribution in [2.75, 3.05) is 16.8 Å². The van der Waals surface area contributed by atoms with E-state index in [1.54, 1.807) is 6.92 Å². The molecular formula is C20H19F3N6O5. The standard InChI is InChI=1S/C20H19F3N6O5/c1-10(17-27-16(28-34-17)12-5-3-4-6-14(12)33-20(21,22)23)25-18-24-8-7-15(26-18)29-13(11(2)30)9-32-19(29)31/h3-8,10-11,13,30H,9H2,1-2H3,(H,24,25,26)/t10-,11+,13+/m0/s1. The van der Waals surface area contributed by atoms with Crippen molar-refractivity contribution >= 4 is 17.9 Å². The van der Waals surface area contributed by atoms with Crippen LogP contribution in [0.3, 0.4) is 0 Å². The quantitative estimate of drug-likeness (QED) is 0.518. The Bertz CT molecular complexity index is 1170. The van der Waals surface area contributed by atoms with Gasteiger partial charge in [0, 0.05) is 6.20 Å². The second kappa shape index (κ2) is 9.13. The van der Waals surface area contributed by atoms with Gasteiger partial charge in [-0.3, -0.25) is 4.90 Å². The fourth-order valence-corrected chi connectivity index (χ4v) is 3.25. The minimum absolute atomic E-state index is 0.00279. The van der Waals surface area contributed by atoms with Crippen LogP contribution in [-0.2, 0) is 4.74 Å². The first-order valence-corrected chi connectivity index (χ1v) is 10.0. The summed E-state index contributed by atoms with van der Waals surface area (Å²) in [5.41, 5.74) is -0.00279. The molecule has 3 heterocycles. The topological polar surface area (TPSA) is 136 Å². The first kappa shape index (κ1) is 23.2. The average molecular weight is 480 g/mol. The number of rotatable bonds is 7. The summed E-state index contributed by atoms with van der Waals surface area (Å²) in [5, 5.41) is 16.6. The third kappa shape index (κ3) is 5.01. The third-order valence-corrected chi connectivity index (χ3v) is 4.86. The zero-order valence-electron chi connectivity index (χ0n) is 17.9. The van der Waals surface area contributed by atoms with E-state index in [1.165, 1.54) is 42.3 Å². The molecule has 14 heteroatoms. The van der Waals surface area contributed by atoms with E-state index in [1.807, 2.05) is 0 Å². The van der Waals surface area contributed by atoms with Gasteiger partial charge in [-0.05, 0) is 32.0 Å². The number of benzene rings is 1. The van der Waals surface area contributed by atoms with Crippen LogP contribution in [0, 0.1) is 0 Å². The number of amides is 1. The third-order valence-electron chi connectivity index (χ3n) is 4.86. The van der Waals surface area contributed by atoms with Crippen LogP contribution >= 0.6 is 0 Å². The molecule has 2 aromatic heterocycles. The van der Waals surface area contributed by atoms with Gasteiger partial charge < -0.3 is 24.4 Å². The number of halogens is 3. The van der Waals surface area contributed by atoms with Crippen molar-refractivity contribution in [3.8, 4) is 17.1 Å². The molecule has 1 amide bonds. The Hall–Kier alpha value is -3.94. The summed E-state index contributed by atoms with van der Waals surface area (Å²) in [5.74, 6) is -0.202. The predicted octanol–water partition coefficient (Wildman–Crippen LogP) is 3.30. The predicted molar refractivity (Wildman–Crippen MR) is 110 cm³/mol. The van der Waals surface area contributed by atoms with Crippen LogP contribution in [0.2, 0.25) is 0 Å². The van der Waals surface area contributed by atoms with Crippen LogP contribution in [-0.4, -0.2) is 56.4 Å². The van der Waals surface area contributed by atoms with Crippen molar-refractivity contribution < 1.29 is 37.1 Å². The summed E-state index contributed by atoms with van der Waals surface area (Å²) >= 11 is 0. The van der Waals surface area contributed by atoms with Crippen LogP contribution in [0.4, 0.5) is 29.7 Å². The minimum Gasteiger partial charge on any atom is -0.447 e. The lowest BCUT2D eigenvalue weighted by Crippen LogP contribution is -2.41. The Balaban J connectivity index is 1.52. The number of nitrogens with zero attached hydrogens (tertiary/aromatic N) is 5. The number of cyclic esters (lactones) is 1. The first-order valence-electron chi connectivity index (χ1n) is 10.0. The molecule has 0 bridgehead atoms. The van der Waals surface area contributed by atoms with Crippen molar-refractivity contribution in [1.82, 2.24) is 20.1 Å². The number of carbonyl (C=O) groups is 1. The van der Waals surface area contributed by atoms with E-state index in [0.717, 1.165) is 6.07 Å². The molecule has 11 nitrogen and oxygen atoms in total. The summed E-state index contributed by atoms with van der Waals surface area (Å²) in [6.07, 6.45) is -4.97. The van der Waals surface area contributed by atoms with Crippen LogP contribution in [0.15, 0.2) is 41.1 Å². The number of nitrogens with one attached hydrogen (secondary N) is 1. The molecule has 3 atom stereocenters. The molecule has 1 saturated heterocycles. The molecule has 0 saturated carbocycles. The van der Waals surface area contributed by atoms with Gasteiger partial charge in [0.1, 0.15) is 30.3 Å². The normalized spacial score (nSPS) is 17.9. The van der Waals surface area contributed by atoms with Crippen molar-refractivity contribution in [1.29, 1.82) is 0 Å². The van der Waals surface area contributed by atoms with E-state index in [-0.39, 0.29) is 35.7 Å². The second-order valence-electron chi connectivity index (χ2n) is 7.36. The van der Waals surface area contributed by atoms with E-state index in [2.05, 4.69) is 30.2 Å². The first-order chi connectivity index (χ1) is 16.1. The van der Waals surface area contributed by atoms with E-state index in [4.69, 9.17) is 9.26 Å². The number of hydrogen-bond donors (Lipinski definition) is 2. The summed E-state index contributed by atoms with van der Waals surface area (Å²) in [6.45, 7) is 3.20. The number of aliphatic hydroxyl groups excluding tert-OH is 1. The molecular weight excluding hydrogens is 461 g/mol. The van der Waals surface area contributed by atoms with Gasteiger partial charge in [0.05, 0.1) is 11.7 Å². The Kier molecular flexibility index (Phi) is 6.24. The van der Waals surface area contributed by atoms with Crippen molar-refractivity contribution in [2.45, 2.75) is 38.4 Å². The maximum absolute atomic E-state index is 12.7. The lowest BCUT2D eigenvalue weighted by atomic mass is 10.2. The Morgan fingerprint density at radius 1 is 1.24 bits per heavy atom. The largest absolute Gasteiger partial charge is 0.573 e. The van der Waals surface area contributed by atoms with E-state index < -0.39 is 36.4 Å². The molecule has 1 aliphatic rings. The molecule has 4 rings (SSSR count). The van der Waals surface area contributed by atoms with E-state index in [0.29, 0.717) is 0 Å². The molecule has 0 aliphatic carbocycles. The number of para-hydroxylation sites is 1.